The van der Waals surface area contributed by atoms with Gasteiger partial charge in [0, 0.05) is 41.2 Å². The second kappa shape index (κ2) is 9.35. The van der Waals surface area contributed by atoms with Gasteiger partial charge < -0.3 is 19.7 Å². The molecule has 0 saturated heterocycles. The maximum Gasteiger partial charge on any atom is 0.266 e. The van der Waals surface area contributed by atoms with Crippen LogP contribution in [0.2, 0.25) is 0 Å². The summed E-state index contributed by atoms with van der Waals surface area (Å²) in [5, 5.41) is 12.5. The molecule has 6 heteroatoms. The van der Waals surface area contributed by atoms with Crippen LogP contribution >= 0.6 is 0 Å². The first-order valence-corrected chi connectivity index (χ1v) is 10.8. The number of hydrogen-bond donors (Lipinski definition) is 1. The number of benzene rings is 2. The monoisotopic (exact) mass is 433 g/mol. The van der Waals surface area contributed by atoms with Crippen LogP contribution in [0.25, 0.3) is 6.08 Å². The number of nitrogens with one attached hydrogen (secondary N) is 1. The topological polar surface area (TPSA) is 74.6 Å². The Bertz CT molecular complexity index is 1080. The molecule has 0 saturated carbocycles. The number of methoxy groups -OCH3 is 2. The molecule has 1 unspecified atom stereocenters. The summed E-state index contributed by atoms with van der Waals surface area (Å²) in [5.41, 5.74) is 3.65. The molecule has 2 aromatic carbocycles. The van der Waals surface area contributed by atoms with Crippen molar-refractivity contribution in [1.82, 2.24) is 0 Å². The molecule has 1 atom stereocenters. The molecule has 2 aromatic rings. The Balaban J connectivity index is 2.00. The lowest BCUT2D eigenvalue weighted by atomic mass is 9.79. The summed E-state index contributed by atoms with van der Waals surface area (Å²) in [6.45, 7) is 9.77. The third kappa shape index (κ3) is 4.57. The van der Waals surface area contributed by atoms with E-state index in [1.807, 2.05) is 18.2 Å². The second-order valence-electron chi connectivity index (χ2n) is 8.67. The van der Waals surface area contributed by atoms with E-state index in [2.05, 4.69) is 37.9 Å². The van der Waals surface area contributed by atoms with E-state index in [9.17, 15) is 10.1 Å². The summed E-state index contributed by atoms with van der Waals surface area (Å²) in [6, 6.07) is 13.1. The van der Waals surface area contributed by atoms with Gasteiger partial charge in [-0.3, -0.25) is 4.79 Å². The SMILES string of the molecule is CCN1c2cc(OC)c(/C=C(\C#N)C(=O)Nc3cccc(OC)c3)cc2C(C)CC1(C)C. The van der Waals surface area contributed by atoms with Crippen LogP contribution < -0.4 is 19.7 Å². The third-order valence-electron chi connectivity index (χ3n) is 6.05. The molecule has 0 fully saturated rings. The Morgan fingerprint density at radius 1 is 1.28 bits per heavy atom. The normalized spacial score (nSPS) is 17.2. The Morgan fingerprint density at radius 2 is 2.03 bits per heavy atom. The Hall–Kier alpha value is -3.46. The van der Waals surface area contributed by atoms with Gasteiger partial charge in [-0.1, -0.05) is 13.0 Å². The van der Waals surface area contributed by atoms with Crippen molar-refractivity contribution in [2.75, 3.05) is 31.0 Å². The number of carbonyl (C=O) groups excluding carboxylic acids is 1. The minimum atomic E-state index is -0.482. The number of nitriles is 1. The van der Waals surface area contributed by atoms with Gasteiger partial charge in [0.1, 0.15) is 23.1 Å². The first kappa shape index (κ1) is 23.2. The van der Waals surface area contributed by atoms with E-state index < -0.39 is 5.91 Å². The number of nitrogens with zero attached hydrogens (tertiary/aromatic N) is 2. The van der Waals surface area contributed by atoms with Crippen LogP contribution in [-0.2, 0) is 4.79 Å². The van der Waals surface area contributed by atoms with Crippen molar-refractivity contribution in [3.63, 3.8) is 0 Å². The molecule has 1 N–H and O–H groups in total. The van der Waals surface area contributed by atoms with Gasteiger partial charge in [-0.15, -0.1) is 0 Å². The van der Waals surface area contributed by atoms with Crippen molar-refractivity contribution < 1.29 is 14.3 Å². The highest BCUT2D eigenvalue weighted by atomic mass is 16.5. The van der Waals surface area contributed by atoms with Crippen LogP contribution in [0, 0.1) is 11.3 Å². The molecule has 0 radical (unpaired) electrons. The molecule has 168 valence electrons. The molecule has 1 aliphatic rings. The number of ether oxygens (including phenoxy) is 2. The van der Waals surface area contributed by atoms with E-state index in [0.29, 0.717) is 28.7 Å². The fourth-order valence-corrected chi connectivity index (χ4v) is 4.62. The standard InChI is InChI=1S/C26H31N3O3/c1-7-29-23-14-24(32-6)18(12-22(23)17(2)15-26(29,3)4)11-19(16-27)25(30)28-20-9-8-10-21(13-20)31-5/h8-14,17H,7,15H2,1-6H3,(H,28,30)/b19-11+. The summed E-state index contributed by atoms with van der Waals surface area (Å²) in [4.78, 5) is 15.2. The summed E-state index contributed by atoms with van der Waals surface area (Å²) in [7, 11) is 3.17. The van der Waals surface area contributed by atoms with Crippen molar-refractivity contribution in [1.29, 1.82) is 5.26 Å². The van der Waals surface area contributed by atoms with Gasteiger partial charge in [-0.25, -0.2) is 0 Å². The van der Waals surface area contributed by atoms with Crippen molar-refractivity contribution in [3.8, 4) is 17.6 Å². The highest BCUT2D eigenvalue weighted by Crippen LogP contribution is 2.45. The summed E-state index contributed by atoms with van der Waals surface area (Å²) < 4.78 is 10.8. The first-order valence-electron chi connectivity index (χ1n) is 10.8. The minimum Gasteiger partial charge on any atom is -0.497 e. The third-order valence-corrected chi connectivity index (χ3v) is 6.05. The lowest BCUT2D eigenvalue weighted by molar-refractivity contribution is -0.112. The predicted octanol–water partition coefficient (Wildman–Crippen LogP) is 5.36. The largest absolute Gasteiger partial charge is 0.497 e. The van der Waals surface area contributed by atoms with Gasteiger partial charge in [-0.2, -0.15) is 5.26 Å². The van der Waals surface area contributed by atoms with E-state index in [4.69, 9.17) is 9.47 Å². The van der Waals surface area contributed by atoms with Gasteiger partial charge in [-0.05, 0) is 62.9 Å². The molecule has 1 aliphatic heterocycles. The molecular formula is C26H31N3O3. The van der Waals surface area contributed by atoms with Crippen molar-refractivity contribution in [3.05, 3.63) is 53.1 Å². The fourth-order valence-electron chi connectivity index (χ4n) is 4.62. The van der Waals surface area contributed by atoms with Crippen LogP contribution in [-0.4, -0.2) is 32.2 Å². The zero-order chi connectivity index (χ0) is 23.5. The molecule has 3 rings (SSSR count). The number of hydrogen-bond acceptors (Lipinski definition) is 5. The fraction of sp³-hybridized carbons (Fsp3) is 0.385. The first-order chi connectivity index (χ1) is 15.2. The average Bonchev–Trinajstić information content (AvgIpc) is 2.76. The van der Waals surface area contributed by atoms with Crippen molar-refractivity contribution in [2.45, 2.75) is 45.6 Å². The number of rotatable bonds is 6. The second-order valence-corrected chi connectivity index (χ2v) is 8.67. The van der Waals surface area contributed by atoms with Crippen molar-refractivity contribution >= 4 is 23.4 Å². The Labute approximate surface area is 190 Å². The number of carbonyl (C=O) groups is 1. The number of amides is 1. The summed E-state index contributed by atoms with van der Waals surface area (Å²) >= 11 is 0. The highest BCUT2D eigenvalue weighted by molar-refractivity contribution is 6.10. The van der Waals surface area contributed by atoms with E-state index in [-0.39, 0.29) is 11.1 Å². The lowest BCUT2D eigenvalue weighted by Gasteiger charge is -2.47. The lowest BCUT2D eigenvalue weighted by Crippen LogP contribution is -2.48. The van der Waals surface area contributed by atoms with Gasteiger partial charge >= 0.3 is 0 Å². The van der Waals surface area contributed by atoms with Crippen molar-refractivity contribution in [2.24, 2.45) is 0 Å². The maximum atomic E-state index is 12.8. The Kier molecular flexibility index (Phi) is 6.78. The molecule has 1 amide bonds. The van der Waals surface area contributed by atoms with Crippen LogP contribution in [0.1, 0.15) is 51.2 Å². The quantitative estimate of drug-likeness (QED) is 0.490. The van der Waals surface area contributed by atoms with Crippen LogP contribution in [0.4, 0.5) is 11.4 Å². The van der Waals surface area contributed by atoms with E-state index >= 15 is 0 Å². The van der Waals surface area contributed by atoms with Crippen LogP contribution in [0.5, 0.6) is 11.5 Å². The molecule has 0 spiro atoms. The molecular weight excluding hydrogens is 402 g/mol. The molecule has 6 nitrogen and oxygen atoms in total. The molecule has 0 aliphatic carbocycles. The van der Waals surface area contributed by atoms with Crippen LogP contribution in [0.15, 0.2) is 42.0 Å². The molecule has 0 bridgehead atoms. The van der Waals surface area contributed by atoms with Gasteiger partial charge in [0.15, 0.2) is 0 Å². The zero-order valence-corrected chi connectivity index (χ0v) is 19.7. The smallest absolute Gasteiger partial charge is 0.266 e. The van der Waals surface area contributed by atoms with E-state index in [0.717, 1.165) is 18.7 Å². The maximum absolute atomic E-state index is 12.8. The highest BCUT2D eigenvalue weighted by Gasteiger charge is 2.36. The molecule has 1 heterocycles. The average molecular weight is 434 g/mol. The molecule has 32 heavy (non-hydrogen) atoms. The summed E-state index contributed by atoms with van der Waals surface area (Å²) in [5.74, 6) is 1.12. The minimum absolute atomic E-state index is 0.00205. The van der Waals surface area contributed by atoms with E-state index in [1.54, 1.807) is 44.6 Å². The number of anilines is 2. The predicted molar refractivity (Wildman–Crippen MR) is 128 cm³/mol. The summed E-state index contributed by atoms with van der Waals surface area (Å²) in [6.07, 6.45) is 2.61. The number of fused-ring (bicyclic) bond motifs is 1. The van der Waals surface area contributed by atoms with Gasteiger partial charge in [0.25, 0.3) is 5.91 Å². The Morgan fingerprint density at radius 3 is 2.66 bits per heavy atom. The van der Waals surface area contributed by atoms with Gasteiger partial charge in [0.05, 0.1) is 14.2 Å². The zero-order valence-electron chi connectivity index (χ0n) is 19.7. The molecule has 0 aromatic heterocycles. The van der Waals surface area contributed by atoms with E-state index in [1.165, 1.54) is 5.56 Å². The van der Waals surface area contributed by atoms with Gasteiger partial charge in [0.2, 0.25) is 0 Å². The van der Waals surface area contributed by atoms with Crippen LogP contribution in [0.3, 0.4) is 0 Å².